The maximum Gasteiger partial charge on any atom is 0.331 e. The molecular weight excluding hydrogens is 501 g/mol. The van der Waals surface area contributed by atoms with Crippen molar-refractivity contribution in [2.45, 2.75) is 67.2 Å². The van der Waals surface area contributed by atoms with E-state index in [1.165, 1.54) is 11.1 Å². The molecule has 2 aliphatic carbocycles. The van der Waals surface area contributed by atoms with Gasteiger partial charge >= 0.3 is 5.97 Å². The monoisotopic (exact) mass is 525 g/mol. The zero-order valence-corrected chi connectivity index (χ0v) is 21.8. The van der Waals surface area contributed by atoms with E-state index in [1.54, 1.807) is 28.5 Å². The zero-order valence-electron chi connectivity index (χ0n) is 19.5. The van der Waals surface area contributed by atoms with Gasteiger partial charge in [-0.2, -0.15) is 0 Å². The Kier molecular flexibility index (Phi) is 5.41. The number of carboxylic acid groups (broad SMARTS) is 1. The molecule has 1 aliphatic heterocycles. The van der Waals surface area contributed by atoms with Crippen molar-refractivity contribution in [1.29, 1.82) is 0 Å². The van der Waals surface area contributed by atoms with Crippen molar-refractivity contribution < 1.29 is 9.90 Å². The van der Waals surface area contributed by atoms with Gasteiger partial charge in [0.2, 0.25) is 0 Å². The molecule has 0 bridgehead atoms. The molecule has 3 aromatic rings. The van der Waals surface area contributed by atoms with Crippen LogP contribution < -0.4 is 5.56 Å². The first-order chi connectivity index (χ1) is 16.7. The molecule has 7 heteroatoms. The molecule has 6 rings (SSSR count). The van der Waals surface area contributed by atoms with Gasteiger partial charge in [0.15, 0.2) is 5.54 Å². The number of pyridine rings is 1. The second-order valence-corrected chi connectivity index (χ2v) is 12.1. The van der Waals surface area contributed by atoms with Crippen LogP contribution in [0.3, 0.4) is 0 Å². The van der Waals surface area contributed by atoms with Crippen molar-refractivity contribution in [1.82, 2.24) is 4.57 Å². The summed E-state index contributed by atoms with van der Waals surface area (Å²) >= 11 is 14.3. The van der Waals surface area contributed by atoms with Gasteiger partial charge in [-0.15, -0.1) is 11.8 Å². The van der Waals surface area contributed by atoms with Gasteiger partial charge in [-0.1, -0.05) is 64.7 Å². The van der Waals surface area contributed by atoms with Crippen LogP contribution in [-0.2, 0) is 16.8 Å². The highest BCUT2D eigenvalue weighted by Gasteiger charge is 2.66. The van der Waals surface area contributed by atoms with Crippen LogP contribution >= 0.6 is 35.0 Å². The summed E-state index contributed by atoms with van der Waals surface area (Å²) in [5.41, 5.74) is 5.00. The number of rotatable bonds is 5. The Morgan fingerprint density at radius 2 is 1.83 bits per heavy atom. The van der Waals surface area contributed by atoms with Crippen LogP contribution in [0.2, 0.25) is 10.0 Å². The Bertz CT molecular complexity index is 1440. The Balaban J connectivity index is 1.48. The van der Waals surface area contributed by atoms with Crippen LogP contribution in [0.5, 0.6) is 0 Å². The van der Waals surface area contributed by atoms with E-state index < -0.39 is 11.5 Å². The summed E-state index contributed by atoms with van der Waals surface area (Å²) in [7, 11) is 0. The number of carbonyl (C=O) groups is 1. The average molecular weight is 526 g/mol. The second-order valence-electron chi connectivity index (χ2n) is 10.2. The minimum absolute atomic E-state index is 0.0897. The Labute approximate surface area is 218 Å². The van der Waals surface area contributed by atoms with Crippen LogP contribution in [0.1, 0.15) is 64.5 Å². The molecule has 2 aromatic carbocycles. The molecule has 0 radical (unpaired) electrons. The molecule has 35 heavy (non-hydrogen) atoms. The summed E-state index contributed by atoms with van der Waals surface area (Å²) in [4.78, 5) is 26.3. The minimum Gasteiger partial charge on any atom is -0.479 e. The number of aryl methyl sites for hydroxylation is 2. The van der Waals surface area contributed by atoms with Gasteiger partial charge in [-0.3, -0.25) is 9.36 Å². The van der Waals surface area contributed by atoms with E-state index in [1.807, 2.05) is 12.1 Å². The largest absolute Gasteiger partial charge is 0.479 e. The zero-order chi connectivity index (χ0) is 24.6. The fraction of sp³-hybridized carbons (Fsp3) is 0.357. The number of aliphatic carboxylic acids is 1. The minimum atomic E-state index is -1.20. The van der Waals surface area contributed by atoms with Gasteiger partial charge in [0.1, 0.15) is 0 Å². The summed E-state index contributed by atoms with van der Waals surface area (Å²) in [6, 6.07) is 13.6. The Hall–Kier alpha value is -2.21. The van der Waals surface area contributed by atoms with Crippen LogP contribution in [0.15, 0.2) is 52.3 Å². The molecule has 1 N–H and O–H groups in total. The van der Waals surface area contributed by atoms with Gasteiger partial charge in [0.05, 0.1) is 20.3 Å². The predicted molar refractivity (Wildman–Crippen MR) is 140 cm³/mol. The van der Waals surface area contributed by atoms with Crippen molar-refractivity contribution in [2.24, 2.45) is 0 Å². The molecule has 0 spiro atoms. The lowest BCUT2D eigenvalue weighted by molar-refractivity contribution is -0.153. The summed E-state index contributed by atoms with van der Waals surface area (Å²) in [6.07, 6.45) is 3.03. The van der Waals surface area contributed by atoms with Crippen LogP contribution in [-0.4, -0.2) is 20.9 Å². The van der Waals surface area contributed by atoms with Crippen molar-refractivity contribution in [3.05, 3.63) is 96.2 Å². The molecule has 2 fully saturated rings. The van der Waals surface area contributed by atoms with Crippen molar-refractivity contribution >= 4 is 40.9 Å². The van der Waals surface area contributed by atoms with Gasteiger partial charge in [-0.05, 0) is 73.8 Å². The number of nitrogens with zero attached hydrogens (tertiary/aromatic N) is 1. The topological polar surface area (TPSA) is 59.3 Å². The number of hydrogen-bond donors (Lipinski definition) is 1. The average Bonchev–Trinajstić information content (AvgIpc) is 3.56. The summed E-state index contributed by atoms with van der Waals surface area (Å²) in [6.45, 7) is 4.14. The molecule has 0 amide bonds. The molecular formula is C28H25Cl2NO3S. The van der Waals surface area contributed by atoms with E-state index in [0.717, 1.165) is 40.1 Å². The molecule has 2 saturated carbocycles. The molecule has 1 aromatic heterocycles. The maximum absolute atomic E-state index is 13.5. The van der Waals surface area contributed by atoms with Crippen molar-refractivity contribution in [2.75, 3.05) is 0 Å². The number of carboxylic acids is 1. The normalized spacial score (nSPS) is 24.6. The lowest BCUT2D eigenvalue weighted by atomic mass is 9.64. The molecule has 3 atom stereocenters. The maximum atomic E-state index is 13.5. The van der Waals surface area contributed by atoms with Crippen molar-refractivity contribution in [3.63, 3.8) is 0 Å². The number of halogens is 2. The highest BCUT2D eigenvalue weighted by molar-refractivity contribution is 8.00. The molecule has 180 valence electrons. The first kappa shape index (κ1) is 23.2. The number of thioether (sulfide) groups is 1. The first-order valence-electron chi connectivity index (χ1n) is 11.9. The summed E-state index contributed by atoms with van der Waals surface area (Å²) in [5.74, 6) is -0.476. The first-order valence-corrected chi connectivity index (χ1v) is 13.5. The van der Waals surface area contributed by atoms with Crippen LogP contribution in [0, 0.1) is 13.8 Å². The van der Waals surface area contributed by atoms with Crippen LogP contribution in [0.25, 0.3) is 0 Å². The standard InChI is InChI=1S/C28H25Cl2NO3S/c1-14-8-15(2)10-18(9-14)20-13-28(27(33)34)25(20)35-26-23(16-6-7-16)19(12-22(32)31(26)28)11-17-4-3-5-21(29)24(17)30/h3-5,8-10,12,16,20,25H,6-7,11,13H2,1-2H3,(H,33,34)/t20-,25?,28?/m0/s1. The Morgan fingerprint density at radius 3 is 2.49 bits per heavy atom. The van der Waals surface area contributed by atoms with Gasteiger partial charge < -0.3 is 5.11 Å². The number of aromatic nitrogens is 1. The summed E-state index contributed by atoms with van der Waals surface area (Å²) < 4.78 is 1.61. The third-order valence-corrected chi connectivity index (χ3v) is 10.2. The van der Waals surface area contributed by atoms with Gasteiger partial charge in [0, 0.05) is 12.0 Å². The molecule has 2 heterocycles. The molecule has 4 nitrogen and oxygen atoms in total. The van der Waals surface area contributed by atoms with E-state index in [9.17, 15) is 14.7 Å². The molecule has 2 unspecified atom stereocenters. The lowest BCUT2D eigenvalue weighted by Gasteiger charge is -2.48. The van der Waals surface area contributed by atoms with Gasteiger partial charge in [-0.25, -0.2) is 4.79 Å². The Morgan fingerprint density at radius 1 is 1.11 bits per heavy atom. The fourth-order valence-electron chi connectivity index (χ4n) is 6.06. The number of fused-ring (bicyclic) bond motifs is 3. The number of benzene rings is 2. The van der Waals surface area contributed by atoms with Crippen LogP contribution in [0.4, 0.5) is 0 Å². The predicted octanol–water partition coefficient (Wildman–Crippen LogP) is 6.68. The van der Waals surface area contributed by atoms with Crippen molar-refractivity contribution in [3.8, 4) is 0 Å². The highest BCUT2D eigenvalue weighted by atomic mass is 35.5. The number of hydrogen-bond acceptors (Lipinski definition) is 3. The van der Waals surface area contributed by atoms with E-state index in [2.05, 4.69) is 32.0 Å². The van der Waals surface area contributed by atoms with Gasteiger partial charge in [0.25, 0.3) is 5.56 Å². The van der Waals surface area contributed by atoms with E-state index >= 15 is 0 Å². The lowest BCUT2D eigenvalue weighted by Crippen LogP contribution is -2.61. The quantitative estimate of drug-likeness (QED) is 0.403. The second kappa shape index (κ2) is 8.16. The highest BCUT2D eigenvalue weighted by Crippen LogP contribution is 2.64. The fourth-order valence-corrected chi connectivity index (χ4v) is 8.38. The molecule has 0 saturated heterocycles. The third-order valence-electron chi connectivity index (χ3n) is 7.74. The SMILES string of the molecule is Cc1cc(C)cc([C@@H]2CC3(C(=O)O)C2Sc2c(C4CC4)c(Cc4cccc(Cl)c4Cl)cc(=O)n23)c1. The third kappa shape index (κ3) is 3.50. The smallest absolute Gasteiger partial charge is 0.331 e. The molecule has 3 aliphatic rings. The summed E-state index contributed by atoms with van der Waals surface area (Å²) in [5, 5.41) is 12.1. The van der Waals surface area contributed by atoms with E-state index in [0.29, 0.717) is 28.8 Å². The van der Waals surface area contributed by atoms with E-state index in [4.69, 9.17) is 23.2 Å². The van der Waals surface area contributed by atoms with E-state index in [-0.39, 0.29) is 16.7 Å².